The molecule has 7 heteroatoms. The summed E-state index contributed by atoms with van der Waals surface area (Å²) in [6.07, 6.45) is 1.60. The van der Waals surface area contributed by atoms with Crippen LogP contribution in [0, 0.1) is 0 Å². The summed E-state index contributed by atoms with van der Waals surface area (Å²) in [5.41, 5.74) is 2.31. The molecule has 31 heavy (non-hydrogen) atoms. The molecule has 0 aliphatic rings. The second-order valence-electron chi connectivity index (χ2n) is 6.57. The van der Waals surface area contributed by atoms with Crippen LogP contribution in [-0.4, -0.2) is 24.0 Å². The van der Waals surface area contributed by atoms with E-state index in [2.05, 4.69) is 10.3 Å². The first-order valence-electron chi connectivity index (χ1n) is 9.36. The SMILES string of the molecule is COC(=O)c1ccccc1NC(=O)c1ccccc1-c1ncc(-c2ccc(Cl)cc2)o1. The van der Waals surface area contributed by atoms with Crippen molar-refractivity contribution < 1.29 is 18.7 Å². The molecule has 0 atom stereocenters. The van der Waals surface area contributed by atoms with Crippen LogP contribution in [-0.2, 0) is 4.74 Å². The highest BCUT2D eigenvalue weighted by Crippen LogP contribution is 2.29. The van der Waals surface area contributed by atoms with Gasteiger partial charge in [-0.15, -0.1) is 0 Å². The third kappa shape index (κ3) is 4.34. The highest BCUT2D eigenvalue weighted by Gasteiger charge is 2.19. The molecule has 3 aromatic carbocycles. The van der Waals surface area contributed by atoms with E-state index in [4.69, 9.17) is 20.8 Å². The Kier molecular flexibility index (Phi) is 5.82. The Morgan fingerprint density at radius 1 is 0.935 bits per heavy atom. The van der Waals surface area contributed by atoms with Crippen molar-refractivity contribution in [2.75, 3.05) is 12.4 Å². The Labute approximate surface area is 183 Å². The van der Waals surface area contributed by atoms with Gasteiger partial charge in [-0.2, -0.15) is 0 Å². The molecule has 1 N–H and O–H groups in total. The van der Waals surface area contributed by atoms with Gasteiger partial charge in [0.25, 0.3) is 5.91 Å². The van der Waals surface area contributed by atoms with Crippen molar-refractivity contribution in [2.24, 2.45) is 0 Å². The molecular weight excluding hydrogens is 416 g/mol. The minimum Gasteiger partial charge on any atom is -0.465 e. The molecule has 0 saturated carbocycles. The van der Waals surface area contributed by atoms with Gasteiger partial charge < -0.3 is 14.5 Å². The van der Waals surface area contributed by atoms with E-state index in [-0.39, 0.29) is 5.56 Å². The van der Waals surface area contributed by atoms with Crippen molar-refractivity contribution in [1.82, 2.24) is 4.98 Å². The van der Waals surface area contributed by atoms with Crippen LogP contribution in [0.1, 0.15) is 20.7 Å². The largest absolute Gasteiger partial charge is 0.465 e. The zero-order valence-electron chi connectivity index (χ0n) is 16.5. The second kappa shape index (κ2) is 8.85. The molecule has 0 radical (unpaired) electrons. The minimum atomic E-state index is -0.538. The predicted octanol–water partition coefficient (Wildman–Crippen LogP) is 5.70. The van der Waals surface area contributed by atoms with E-state index >= 15 is 0 Å². The average Bonchev–Trinajstić information content (AvgIpc) is 3.29. The van der Waals surface area contributed by atoms with E-state index in [0.717, 1.165) is 5.56 Å². The summed E-state index contributed by atoms with van der Waals surface area (Å²) in [5.74, 6) is -0.0856. The zero-order chi connectivity index (χ0) is 21.8. The number of esters is 1. The highest BCUT2D eigenvalue weighted by molar-refractivity contribution is 6.30. The average molecular weight is 433 g/mol. The fourth-order valence-electron chi connectivity index (χ4n) is 3.08. The number of methoxy groups -OCH3 is 1. The first-order valence-corrected chi connectivity index (χ1v) is 9.74. The molecule has 4 rings (SSSR count). The van der Waals surface area contributed by atoms with Crippen molar-refractivity contribution in [2.45, 2.75) is 0 Å². The number of para-hydroxylation sites is 1. The molecular formula is C24H17ClN2O4. The third-order valence-electron chi connectivity index (χ3n) is 4.62. The molecule has 4 aromatic rings. The Balaban J connectivity index is 1.65. The number of ether oxygens (including phenoxy) is 1. The van der Waals surface area contributed by atoms with Gasteiger partial charge >= 0.3 is 5.97 Å². The van der Waals surface area contributed by atoms with Gasteiger partial charge in [0, 0.05) is 16.1 Å². The first-order chi connectivity index (χ1) is 15.1. The van der Waals surface area contributed by atoms with Crippen molar-refractivity contribution >= 4 is 29.2 Å². The molecule has 0 unspecified atom stereocenters. The lowest BCUT2D eigenvalue weighted by atomic mass is 10.1. The molecule has 1 aromatic heterocycles. The maximum Gasteiger partial charge on any atom is 0.339 e. The number of amides is 1. The van der Waals surface area contributed by atoms with Crippen LogP contribution in [0.15, 0.2) is 83.4 Å². The van der Waals surface area contributed by atoms with E-state index in [1.54, 1.807) is 66.9 Å². The number of rotatable bonds is 5. The van der Waals surface area contributed by atoms with Crippen LogP contribution < -0.4 is 5.32 Å². The van der Waals surface area contributed by atoms with E-state index in [9.17, 15) is 9.59 Å². The standard InChI is InChI=1S/C24H17ClN2O4/c1-30-24(29)19-8-4-5-9-20(19)27-22(28)17-6-2-3-7-18(17)23-26-14-21(31-23)15-10-12-16(25)13-11-15/h2-14H,1H3,(H,27,28). The van der Waals surface area contributed by atoms with Gasteiger partial charge in [0.2, 0.25) is 5.89 Å². The molecule has 1 heterocycles. The number of carbonyl (C=O) groups excluding carboxylic acids is 2. The van der Waals surface area contributed by atoms with Crippen LogP contribution in [0.4, 0.5) is 5.69 Å². The topological polar surface area (TPSA) is 81.4 Å². The number of benzene rings is 3. The molecule has 0 saturated heterocycles. The summed E-state index contributed by atoms with van der Waals surface area (Å²) in [4.78, 5) is 29.4. The zero-order valence-corrected chi connectivity index (χ0v) is 17.2. The second-order valence-corrected chi connectivity index (χ2v) is 7.01. The summed E-state index contributed by atoms with van der Waals surface area (Å²) in [7, 11) is 1.29. The Hall–Kier alpha value is -3.90. The number of nitrogens with one attached hydrogen (secondary N) is 1. The summed E-state index contributed by atoms with van der Waals surface area (Å²) >= 11 is 5.94. The molecule has 0 fully saturated rings. The lowest BCUT2D eigenvalue weighted by Crippen LogP contribution is -2.16. The van der Waals surface area contributed by atoms with E-state index in [1.165, 1.54) is 7.11 Å². The number of nitrogens with zero attached hydrogens (tertiary/aromatic N) is 1. The van der Waals surface area contributed by atoms with E-state index in [1.807, 2.05) is 12.1 Å². The van der Waals surface area contributed by atoms with Gasteiger partial charge in [0.1, 0.15) is 0 Å². The number of anilines is 1. The van der Waals surface area contributed by atoms with Crippen molar-refractivity contribution in [3.63, 3.8) is 0 Å². The smallest absolute Gasteiger partial charge is 0.339 e. The molecule has 0 aliphatic carbocycles. The number of carbonyl (C=O) groups is 2. The van der Waals surface area contributed by atoms with Crippen LogP contribution in [0.3, 0.4) is 0 Å². The lowest BCUT2D eigenvalue weighted by Gasteiger charge is -2.11. The maximum atomic E-state index is 13.0. The molecule has 1 amide bonds. The molecule has 6 nitrogen and oxygen atoms in total. The molecule has 154 valence electrons. The fraction of sp³-hybridized carbons (Fsp3) is 0.0417. The van der Waals surface area contributed by atoms with Gasteiger partial charge in [0.05, 0.1) is 30.1 Å². The Bertz CT molecular complexity index is 1250. The minimum absolute atomic E-state index is 0.261. The van der Waals surface area contributed by atoms with Crippen molar-refractivity contribution in [3.8, 4) is 22.8 Å². The monoisotopic (exact) mass is 432 g/mol. The van der Waals surface area contributed by atoms with Crippen LogP contribution in [0.2, 0.25) is 5.02 Å². The normalized spacial score (nSPS) is 10.5. The van der Waals surface area contributed by atoms with Gasteiger partial charge in [-0.3, -0.25) is 4.79 Å². The lowest BCUT2D eigenvalue weighted by molar-refractivity contribution is 0.0602. The molecule has 0 spiro atoms. The summed E-state index contributed by atoms with van der Waals surface area (Å²) in [6.45, 7) is 0. The van der Waals surface area contributed by atoms with Gasteiger partial charge in [-0.05, 0) is 48.5 Å². The predicted molar refractivity (Wildman–Crippen MR) is 118 cm³/mol. The summed E-state index contributed by atoms with van der Waals surface area (Å²) < 4.78 is 10.7. The van der Waals surface area contributed by atoms with Crippen molar-refractivity contribution in [1.29, 1.82) is 0 Å². The first kappa shape index (κ1) is 20.4. The van der Waals surface area contributed by atoms with E-state index < -0.39 is 11.9 Å². The number of aromatic nitrogens is 1. The van der Waals surface area contributed by atoms with Crippen LogP contribution >= 0.6 is 11.6 Å². The summed E-state index contributed by atoms with van der Waals surface area (Å²) in [5, 5.41) is 3.40. The van der Waals surface area contributed by atoms with Gasteiger partial charge in [-0.1, -0.05) is 35.9 Å². The summed E-state index contributed by atoms with van der Waals surface area (Å²) in [6, 6.07) is 20.8. The third-order valence-corrected chi connectivity index (χ3v) is 4.87. The fourth-order valence-corrected chi connectivity index (χ4v) is 3.21. The van der Waals surface area contributed by atoms with Gasteiger partial charge in [0.15, 0.2) is 5.76 Å². The van der Waals surface area contributed by atoms with Crippen molar-refractivity contribution in [3.05, 3.63) is 95.1 Å². The number of hydrogen-bond acceptors (Lipinski definition) is 5. The maximum absolute atomic E-state index is 13.0. The molecule has 0 aliphatic heterocycles. The number of hydrogen-bond donors (Lipinski definition) is 1. The highest BCUT2D eigenvalue weighted by atomic mass is 35.5. The van der Waals surface area contributed by atoms with Crippen LogP contribution in [0.25, 0.3) is 22.8 Å². The number of oxazole rings is 1. The molecule has 0 bridgehead atoms. The van der Waals surface area contributed by atoms with Gasteiger partial charge in [-0.25, -0.2) is 9.78 Å². The number of halogens is 1. The van der Waals surface area contributed by atoms with E-state index in [0.29, 0.717) is 33.5 Å². The Morgan fingerprint density at radius 3 is 2.35 bits per heavy atom. The Morgan fingerprint density at radius 2 is 1.61 bits per heavy atom. The van der Waals surface area contributed by atoms with Crippen LogP contribution in [0.5, 0.6) is 0 Å². The quantitative estimate of drug-likeness (QED) is 0.409.